The Morgan fingerprint density at radius 3 is 2.08 bits per heavy atom. The molecule has 1 atom stereocenters. The Bertz CT molecular complexity index is 669. The van der Waals surface area contributed by atoms with Crippen LogP contribution in [-0.4, -0.2) is 17.9 Å². The second kappa shape index (κ2) is 7.51. The van der Waals surface area contributed by atoms with E-state index in [-0.39, 0.29) is 4.08 Å². The van der Waals surface area contributed by atoms with Crippen molar-refractivity contribution in [3.8, 4) is 0 Å². The average molecular weight is 363 g/mol. The molecule has 0 saturated carbocycles. The predicted molar refractivity (Wildman–Crippen MR) is 103 cm³/mol. The monoisotopic (exact) mass is 362 g/mol. The second-order valence-corrected chi connectivity index (χ2v) is 9.22. The van der Waals surface area contributed by atoms with Gasteiger partial charge in [-0.1, -0.05) is 42.5 Å². The fraction of sp³-hybridized carbons (Fsp3) is 0.400. The minimum absolute atomic E-state index is 0.312. The van der Waals surface area contributed by atoms with E-state index in [0.717, 1.165) is 17.1 Å². The van der Waals surface area contributed by atoms with Crippen LogP contribution in [0.4, 0.5) is 4.39 Å². The number of halogens is 1. The SMILES string of the molecule is Cc1cc2c(cc1C)CSC(CC(O)CF)(c1ccccc1)SC2. The summed E-state index contributed by atoms with van der Waals surface area (Å²) in [6, 6.07) is 14.8. The fourth-order valence-corrected chi connectivity index (χ4v) is 6.32. The first-order chi connectivity index (χ1) is 11.5. The van der Waals surface area contributed by atoms with Gasteiger partial charge in [-0.15, -0.1) is 23.5 Å². The molecule has 0 amide bonds. The maximum atomic E-state index is 13.0. The van der Waals surface area contributed by atoms with Gasteiger partial charge in [-0.25, -0.2) is 4.39 Å². The molecule has 0 spiro atoms. The Morgan fingerprint density at radius 2 is 1.58 bits per heavy atom. The van der Waals surface area contributed by atoms with Gasteiger partial charge in [0.2, 0.25) is 0 Å². The molecule has 0 aliphatic carbocycles. The van der Waals surface area contributed by atoms with Crippen LogP contribution in [0.1, 0.15) is 34.2 Å². The lowest BCUT2D eigenvalue weighted by Crippen LogP contribution is -2.26. The number of aryl methyl sites for hydroxylation is 2. The van der Waals surface area contributed by atoms with Crippen LogP contribution in [0.2, 0.25) is 0 Å². The summed E-state index contributed by atoms with van der Waals surface area (Å²) in [5.74, 6) is 1.77. The summed E-state index contributed by atoms with van der Waals surface area (Å²) in [7, 11) is 0. The number of aliphatic hydroxyl groups is 1. The Kier molecular flexibility index (Phi) is 5.58. The van der Waals surface area contributed by atoms with E-state index in [1.165, 1.54) is 22.3 Å². The zero-order chi connectivity index (χ0) is 17.2. The first-order valence-electron chi connectivity index (χ1n) is 8.20. The van der Waals surface area contributed by atoms with Gasteiger partial charge in [-0.3, -0.25) is 0 Å². The van der Waals surface area contributed by atoms with Gasteiger partial charge in [0.05, 0.1) is 10.2 Å². The molecule has 24 heavy (non-hydrogen) atoms. The molecule has 1 nitrogen and oxygen atoms in total. The van der Waals surface area contributed by atoms with Crippen molar-refractivity contribution in [1.29, 1.82) is 0 Å². The van der Waals surface area contributed by atoms with Crippen molar-refractivity contribution in [2.24, 2.45) is 0 Å². The van der Waals surface area contributed by atoms with Gasteiger partial charge >= 0.3 is 0 Å². The van der Waals surface area contributed by atoms with E-state index in [0.29, 0.717) is 6.42 Å². The van der Waals surface area contributed by atoms with Crippen LogP contribution in [0.15, 0.2) is 42.5 Å². The molecule has 4 heteroatoms. The lowest BCUT2D eigenvalue weighted by Gasteiger charge is -2.33. The van der Waals surface area contributed by atoms with Gasteiger partial charge < -0.3 is 5.11 Å². The molecule has 1 heterocycles. The lowest BCUT2D eigenvalue weighted by molar-refractivity contribution is 0.127. The predicted octanol–water partition coefficient (Wildman–Crippen LogP) is 5.36. The van der Waals surface area contributed by atoms with E-state index in [1.54, 1.807) is 0 Å². The molecule has 0 aromatic heterocycles. The first-order valence-corrected chi connectivity index (χ1v) is 10.2. The highest BCUT2D eigenvalue weighted by atomic mass is 32.2. The molecular formula is C20H23FOS2. The van der Waals surface area contributed by atoms with Gasteiger partial charge in [0.1, 0.15) is 6.67 Å². The van der Waals surface area contributed by atoms with Crippen LogP contribution in [0.3, 0.4) is 0 Å². The van der Waals surface area contributed by atoms with Crippen LogP contribution in [0.5, 0.6) is 0 Å². The van der Waals surface area contributed by atoms with E-state index in [4.69, 9.17) is 0 Å². The molecule has 2 aromatic carbocycles. The highest BCUT2D eigenvalue weighted by Crippen LogP contribution is 2.54. The van der Waals surface area contributed by atoms with Gasteiger partial charge in [0, 0.05) is 17.9 Å². The highest BCUT2D eigenvalue weighted by molar-refractivity contribution is 8.16. The largest absolute Gasteiger partial charge is 0.390 e. The molecule has 1 N–H and O–H groups in total. The van der Waals surface area contributed by atoms with Crippen molar-refractivity contribution in [1.82, 2.24) is 0 Å². The number of hydrogen-bond donors (Lipinski definition) is 1. The fourth-order valence-electron chi connectivity index (χ4n) is 3.09. The summed E-state index contributed by atoms with van der Waals surface area (Å²) < 4.78 is 12.7. The molecular weight excluding hydrogens is 339 g/mol. The van der Waals surface area contributed by atoms with Crippen LogP contribution < -0.4 is 0 Å². The van der Waals surface area contributed by atoms with Gasteiger partial charge in [-0.05, 0) is 41.7 Å². The van der Waals surface area contributed by atoms with E-state index in [1.807, 2.05) is 41.7 Å². The third-order valence-corrected chi connectivity index (χ3v) is 7.99. The van der Waals surface area contributed by atoms with Crippen molar-refractivity contribution in [3.05, 3.63) is 70.3 Å². The number of benzene rings is 2. The van der Waals surface area contributed by atoms with Crippen LogP contribution in [0, 0.1) is 13.8 Å². The topological polar surface area (TPSA) is 20.2 Å². The Labute approximate surface area is 152 Å². The lowest BCUT2D eigenvalue weighted by atomic mass is 10.0. The van der Waals surface area contributed by atoms with E-state index in [9.17, 15) is 9.50 Å². The molecule has 0 fully saturated rings. The normalized spacial score (nSPS) is 17.8. The van der Waals surface area contributed by atoms with Crippen molar-refractivity contribution in [2.75, 3.05) is 6.67 Å². The van der Waals surface area contributed by atoms with Gasteiger partial charge in [0.15, 0.2) is 0 Å². The smallest absolute Gasteiger partial charge is 0.115 e. The summed E-state index contributed by atoms with van der Waals surface area (Å²) in [5, 5.41) is 10.0. The zero-order valence-electron chi connectivity index (χ0n) is 14.1. The molecule has 0 radical (unpaired) electrons. The Balaban J connectivity index is 1.96. The molecule has 0 bridgehead atoms. The maximum Gasteiger partial charge on any atom is 0.115 e. The number of rotatable bonds is 4. The quantitative estimate of drug-likeness (QED) is 0.791. The summed E-state index contributed by atoms with van der Waals surface area (Å²) >= 11 is 3.64. The van der Waals surface area contributed by atoms with Gasteiger partial charge in [-0.2, -0.15) is 0 Å². The maximum absolute atomic E-state index is 13.0. The first kappa shape index (κ1) is 17.8. The van der Waals surface area contributed by atoms with Crippen LogP contribution in [-0.2, 0) is 15.6 Å². The third kappa shape index (κ3) is 3.66. The zero-order valence-corrected chi connectivity index (χ0v) is 15.7. The molecule has 2 aromatic rings. The van der Waals surface area contributed by atoms with E-state index in [2.05, 4.69) is 38.1 Å². The number of hydrogen-bond acceptors (Lipinski definition) is 3. The number of fused-ring (bicyclic) bond motifs is 1. The van der Waals surface area contributed by atoms with E-state index >= 15 is 0 Å². The molecule has 1 unspecified atom stereocenters. The van der Waals surface area contributed by atoms with Gasteiger partial charge in [0.25, 0.3) is 0 Å². The summed E-state index contributed by atoms with van der Waals surface area (Å²) in [6.07, 6.45) is -0.496. The van der Waals surface area contributed by atoms with E-state index < -0.39 is 12.8 Å². The third-order valence-electron chi connectivity index (χ3n) is 4.63. The molecule has 1 aliphatic heterocycles. The summed E-state index contributed by atoms with van der Waals surface area (Å²) in [4.78, 5) is 0. The minimum atomic E-state index is -0.921. The van der Waals surface area contributed by atoms with Crippen LogP contribution >= 0.6 is 23.5 Å². The second-order valence-electron chi connectivity index (χ2n) is 6.41. The standard InChI is InChI=1S/C20H23FOS2/c1-14-8-16-12-23-20(10-19(22)11-21,18-6-4-3-5-7-18)24-13-17(16)9-15(14)2/h3-9,19,22H,10-13H2,1-2H3. The Hall–Kier alpha value is -0.970. The van der Waals surface area contributed by atoms with Crippen molar-refractivity contribution in [2.45, 2.75) is 42.0 Å². The molecule has 3 rings (SSSR count). The van der Waals surface area contributed by atoms with Crippen molar-refractivity contribution in [3.63, 3.8) is 0 Å². The number of alkyl halides is 1. The molecule has 0 saturated heterocycles. The van der Waals surface area contributed by atoms with Crippen molar-refractivity contribution >= 4 is 23.5 Å². The highest BCUT2D eigenvalue weighted by Gasteiger charge is 2.37. The minimum Gasteiger partial charge on any atom is -0.390 e. The summed E-state index contributed by atoms with van der Waals surface area (Å²) in [6.45, 7) is 3.60. The number of aliphatic hydroxyl groups excluding tert-OH is 1. The molecule has 1 aliphatic rings. The molecule has 128 valence electrons. The average Bonchev–Trinajstić information content (AvgIpc) is 2.77. The summed E-state index contributed by atoms with van der Waals surface area (Å²) in [5.41, 5.74) is 6.52. The number of thioether (sulfide) groups is 2. The van der Waals surface area contributed by atoms with Crippen molar-refractivity contribution < 1.29 is 9.50 Å². The Morgan fingerprint density at radius 1 is 1.04 bits per heavy atom. The van der Waals surface area contributed by atoms with Crippen LogP contribution in [0.25, 0.3) is 0 Å².